The number of aliphatic hydroxyl groups is 1. The summed E-state index contributed by atoms with van der Waals surface area (Å²) in [6.45, 7) is 5.71. The van der Waals surface area contributed by atoms with E-state index in [1.165, 1.54) is 37.2 Å². The molecule has 0 amide bonds. The zero-order chi connectivity index (χ0) is 12.8. The first-order valence-electron chi connectivity index (χ1n) is 6.68. The van der Waals surface area contributed by atoms with Crippen molar-refractivity contribution in [3.8, 4) is 11.8 Å². The number of aliphatic hydroxyl groups excluding tert-OH is 1. The van der Waals surface area contributed by atoms with E-state index < -0.39 is 0 Å². The molecule has 18 heavy (non-hydrogen) atoms. The number of nitrogens with zero attached hydrogens (tertiary/aromatic N) is 1. The van der Waals surface area contributed by atoms with Gasteiger partial charge in [0.05, 0.1) is 0 Å². The Morgan fingerprint density at radius 2 is 2.33 bits per heavy atom. The van der Waals surface area contributed by atoms with Crippen LogP contribution in [0.1, 0.15) is 36.6 Å². The molecular formula is C15H21NOS. The van der Waals surface area contributed by atoms with Crippen LogP contribution in [-0.2, 0) is 6.54 Å². The first kappa shape index (κ1) is 13.6. The van der Waals surface area contributed by atoms with Crippen LogP contribution in [0.5, 0.6) is 0 Å². The van der Waals surface area contributed by atoms with E-state index in [1.807, 2.05) is 0 Å². The maximum Gasteiger partial charge on any atom is 0.104 e. The lowest BCUT2D eigenvalue weighted by atomic mass is 10.0. The normalized spacial score (nSPS) is 21.1. The van der Waals surface area contributed by atoms with Gasteiger partial charge < -0.3 is 5.11 Å². The maximum absolute atomic E-state index is 8.76. The Bertz CT molecular complexity index is 429. The largest absolute Gasteiger partial charge is 0.384 e. The summed E-state index contributed by atoms with van der Waals surface area (Å²) in [6.07, 6.45) is 3.98. The van der Waals surface area contributed by atoms with Gasteiger partial charge in [-0.3, -0.25) is 4.90 Å². The Morgan fingerprint density at radius 3 is 3.17 bits per heavy atom. The first-order chi connectivity index (χ1) is 8.79. The zero-order valence-electron chi connectivity index (χ0n) is 11.0. The molecule has 0 aromatic carbocycles. The molecule has 0 bridgehead atoms. The van der Waals surface area contributed by atoms with E-state index in [9.17, 15) is 0 Å². The number of rotatable bonds is 2. The molecule has 1 fully saturated rings. The first-order valence-corrected chi connectivity index (χ1v) is 7.56. The summed E-state index contributed by atoms with van der Waals surface area (Å²) >= 11 is 1.78. The quantitative estimate of drug-likeness (QED) is 0.829. The van der Waals surface area contributed by atoms with Crippen LogP contribution in [0.2, 0.25) is 0 Å². The minimum atomic E-state index is -0.0590. The van der Waals surface area contributed by atoms with Gasteiger partial charge in [-0.05, 0) is 49.7 Å². The molecule has 0 radical (unpaired) electrons. The highest BCUT2D eigenvalue weighted by molar-refractivity contribution is 7.10. The van der Waals surface area contributed by atoms with Crippen LogP contribution >= 0.6 is 11.3 Å². The van der Waals surface area contributed by atoms with E-state index in [0.717, 1.165) is 18.0 Å². The molecule has 1 aromatic rings. The average molecular weight is 263 g/mol. The van der Waals surface area contributed by atoms with E-state index in [-0.39, 0.29) is 6.61 Å². The predicted octanol–water partition coefficient (Wildman–Crippen LogP) is 2.71. The summed E-state index contributed by atoms with van der Waals surface area (Å²) in [5.74, 6) is 6.65. The molecule has 2 heterocycles. The molecule has 1 N–H and O–H groups in total. The van der Waals surface area contributed by atoms with Crippen molar-refractivity contribution in [1.29, 1.82) is 0 Å². The average Bonchev–Trinajstić information content (AvgIpc) is 2.70. The summed E-state index contributed by atoms with van der Waals surface area (Å²) in [6, 6.07) is 2.06. The van der Waals surface area contributed by atoms with E-state index in [4.69, 9.17) is 5.11 Å². The smallest absolute Gasteiger partial charge is 0.104 e. The predicted molar refractivity (Wildman–Crippen MR) is 76.6 cm³/mol. The van der Waals surface area contributed by atoms with Crippen molar-refractivity contribution in [3.63, 3.8) is 0 Å². The molecule has 2 rings (SSSR count). The van der Waals surface area contributed by atoms with Gasteiger partial charge in [-0.25, -0.2) is 0 Å². The highest BCUT2D eigenvalue weighted by atomic mass is 32.1. The molecule has 1 aliphatic rings. The molecule has 2 nitrogen and oxygen atoms in total. The summed E-state index contributed by atoms with van der Waals surface area (Å²) in [5.41, 5.74) is 1.09. The Kier molecular flexibility index (Phi) is 5.25. The van der Waals surface area contributed by atoms with Gasteiger partial charge in [0.1, 0.15) is 6.61 Å². The molecule has 1 unspecified atom stereocenters. The molecule has 1 aliphatic heterocycles. The lowest BCUT2D eigenvalue weighted by Gasteiger charge is -2.19. The molecule has 98 valence electrons. The van der Waals surface area contributed by atoms with Crippen molar-refractivity contribution in [2.24, 2.45) is 5.92 Å². The molecular weight excluding hydrogens is 242 g/mol. The highest BCUT2D eigenvalue weighted by Crippen LogP contribution is 2.22. The van der Waals surface area contributed by atoms with Gasteiger partial charge in [0.15, 0.2) is 0 Å². The fourth-order valence-corrected chi connectivity index (χ4v) is 3.26. The lowest BCUT2D eigenvalue weighted by molar-refractivity contribution is 0.276. The van der Waals surface area contributed by atoms with E-state index >= 15 is 0 Å². The number of hydrogen-bond acceptors (Lipinski definition) is 3. The molecule has 0 spiro atoms. The van der Waals surface area contributed by atoms with Crippen LogP contribution in [0.15, 0.2) is 11.4 Å². The topological polar surface area (TPSA) is 23.5 Å². The second kappa shape index (κ2) is 6.94. The van der Waals surface area contributed by atoms with Crippen molar-refractivity contribution in [2.75, 3.05) is 19.7 Å². The minimum absolute atomic E-state index is 0.0590. The maximum atomic E-state index is 8.76. The highest BCUT2D eigenvalue weighted by Gasteiger charge is 2.15. The van der Waals surface area contributed by atoms with Gasteiger partial charge in [-0.2, -0.15) is 0 Å². The van der Waals surface area contributed by atoms with E-state index in [2.05, 4.69) is 35.1 Å². The van der Waals surface area contributed by atoms with Gasteiger partial charge in [0.25, 0.3) is 0 Å². The second-order valence-corrected chi connectivity index (χ2v) is 6.03. The number of hydrogen-bond donors (Lipinski definition) is 1. The third-order valence-corrected chi connectivity index (χ3v) is 4.43. The Hall–Kier alpha value is -0.820. The van der Waals surface area contributed by atoms with Crippen LogP contribution in [0.4, 0.5) is 0 Å². The van der Waals surface area contributed by atoms with Crippen LogP contribution < -0.4 is 0 Å². The van der Waals surface area contributed by atoms with E-state index in [0.29, 0.717) is 0 Å². The SMILES string of the molecule is CC1CCCN(Cc2sccc2C#CCO)CC1. The fourth-order valence-electron chi connectivity index (χ4n) is 2.39. The van der Waals surface area contributed by atoms with Crippen molar-refractivity contribution < 1.29 is 5.11 Å². The number of thiophene rings is 1. The van der Waals surface area contributed by atoms with Crippen LogP contribution in [-0.4, -0.2) is 29.7 Å². The van der Waals surface area contributed by atoms with Gasteiger partial charge in [0, 0.05) is 17.0 Å². The lowest BCUT2D eigenvalue weighted by Crippen LogP contribution is -2.24. The molecule has 0 saturated carbocycles. The number of likely N-dealkylation sites (tertiary alicyclic amines) is 1. The summed E-state index contributed by atoms with van der Waals surface area (Å²) < 4.78 is 0. The molecule has 1 saturated heterocycles. The summed E-state index contributed by atoms with van der Waals surface area (Å²) in [5, 5.41) is 10.9. The summed E-state index contributed by atoms with van der Waals surface area (Å²) in [4.78, 5) is 3.88. The molecule has 0 aliphatic carbocycles. The molecule has 3 heteroatoms. The third-order valence-electron chi connectivity index (χ3n) is 3.52. The van der Waals surface area contributed by atoms with Crippen molar-refractivity contribution in [3.05, 3.63) is 21.9 Å². The third kappa shape index (κ3) is 3.84. The van der Waals surface area contributed by atoms with Crippen molar-refractivity contribution >= 4 is 11.3 Å². The van der Waals surface area contributed by atoms with Crippen molar-refractivity contribution in [1.82, 2.24) is 4.90 Å². The van der Waals surface area contributed by atoms with Gasteiger partial charge >= 0.3 is 0 Å². The molecule has 1 atom stereocenters. The standard InChI is InChI=1S/C15H21NOS/c1-13-4-2-8-16(9-6-13)12-15-14(5-3-10-17)7-11-18-15/h7,11,13,17H,2,4,6,8-10,12H2,1H3. The Morgan fingerprint density at radius 1 is 1.44 bits per heavy atom. The Labute approximate surface area is 114 Å². The van der Waals surface area contributed by atoms with Crippen LogP contribution in [0.25, 0.3) is 0 Å². The van der Waals surface area contributed by atoms with Gasteiger partial charge in [0.2, 0.25) is 0 Å². The van der Waals surface area contributed by atoms with Gasteiger partial charge in [-0.1, -0.05) is 18.8 Å². The summed E-state index contributed by atoms with van der Waals surface area (Å²) in [7, 11) is 0. The van der Waals surface area contributed by atoms with Crippen LogP contribution in [0, 0.1) is 17.8 Å². The molecule has 1 aromatic heterocycles. The second-order valence-electron chi connectivity index (χ2n) is 5.03. The van der Waals surface area contributed by atoms with Crippen LogP contribution in [0.3, 0.4) is 0 Å². The van der Waals surface area contributed by atoms with Crippen molar-refractivity contribution in [2.45, 2.75) is 32.7 Å². The fraction of sp³-hybridized carbons (Fsp3) is 0.600. The Balaban J connectivity index is 1.98. The van der Waals surface area contributed by atoms with Gasteiger partial charge in [-0.15, -0.1) is 11.3 Å². The van der Waals surface area contributed by atoms with E-state index in [1.54, 1.807) is 11.3 Å². The zero-order valence-corrected chi connectivity index (χ0v) is 11.8. The monoisotopic (exact) mass is 263 g/mol. The minimum Gasteiger partial charge on any atom is -0.384 e.